The smallest absolute Gasteiger partial charge is 0.315 e. The number of carboxylic acid groups (broad SMARTS) is 1. The number of nitrogens with zero attached hydrogens (tertiary/aromatic N) is 1. The molecule has 0 fully saturated rings. The van der Waals surface area contributed by atoms with Crippen molar-refractivity contribution in [1.29, 1.82) is 0 Å². The van der Waals surface area contributed by atoms with Gasteiger partial charge < -0.3 is 20.6 Å². The van der Waals surface area contributed by atoms with Gasteiger partial charge >= 0.3 is 12.0 Å². The third kappa shape index (κ3) is 8.01. The number of carbonyl (C=O) groups is 3. The normalized spacial score (nSPS) is 11.5. The zero-order valence-corrected chi connectivity index (χ0v) is 11.7. The van der Waals surface area contributed by atoms with E-state index >= 15 is 0 Å². The van der Waals surface area contributed by atoms with Crippen molar-refractivity contribution in [2.45, 2.75) is 39.7 Å². The van der Waals surface area contributed by atoms with E-state index in [-0.39, 0.29) is 24.9 Å². The largest absolute Gasteiger partial charge is 0.481 e. The Balaban J connectivity index is 3.92. The number of hydrogen-bond donors (Lipinski definition) is 3. The fourth-order valence-electron chi connectivity index (χ4n) is 1.53. The first-order valence-electron chi connectivity index (χ1n) is 6.44. The van der Waals surface area contributed by atoms with Crippen LogP contribution in [0.4, 0.5) is 4.79 Å². The number of rotatable bonds is 8. The Morgan fingerprint density at radius 2 is 1.79 bits per heavy atom. The number of nitrogens with one attached hydrogen (secondary N) is 2. The Morgan fingerprint density at radius 3 is 2.26 bits per heavy atom. The summed E-state index contributed by atoms with van der Waals surface area (Å²) in [4.78, 5) is 35.1. The molecule has 0 aliphatic carbocycles. The minimum Gasteiger partial charge on any atom is -0.481 e. The number of hydrogen-bond acceptors (Lipinski definition) is 3. The molecule has 110 valence electrons. The van der Waals surface area contributed by atoms with Crippen molar-refractivity contribution < 1.29 is 19.5 Å². The van der Waals surface area contributed by atoms with Crippen LogP contribution in [0.25, 0.3) is 0 Å². The minimum atomic E-state index is -0.897. The van der Waals surface area contributed by atoms with E-state index in [2.05, 4.69) is 10.6 Å². The third-order valence-corrected chi connectivity index (χ3v) is 2.69. The van der Waals surface area contributed by atoms with Crippen LogP contribution in [-0.2, 0) is 9.59 Å². The second kappa shape index (κ2) is 9.18. The van der Waals surface area contributed by atoms with Crippen LogP contribution >= 0.6 is 0 Å². The summed E-state index contributed by atoms with van der Waals surface area (Å²) >= 11 is 0. The van der Waals surface area contributed by atoms with E-state index in [9.17, 15) is 14.4 Å². The molecule has 19 heavy (non-hydrogen) atoms. The Hall–Kier alpha value is -1.79. The summed E-state index contributed by atoms with van der Waals surface area (Å²) in [6, 6.07) is -0.710. The molecule has 0 heterocycles. The lowest BCUT2D eigenvalue weighted by atomic mass is 10.2. The zero-order chi connectivity index (χ0) is 14.8. The van der Waals surface area contributed by atoms with Gasteiger partial charge in [0.2, 0.25) is 5.91 Å². The van der Waals surface area contributed by atoms with Crippen molar-refractivity contribution in [2.24, 2.45) is 0 Å². The van der Waals surface area contributed by atoms with E-state index in [1.54, 1.807) is 11.8 Å². The van der Waals surface area contributed by atoms with Crippen molar-refractivity contribution in [1.82, 2.24) is 15.5 Å². The summed E-state index contributed by atoms with van der Waals surface area (Å²) in [6.07, 6.45) is 0.354. The molecule has 1 unspecified atom stereocenters. The summed E-state index contributed by atoms with van der Waals surface area (Å²) in [5, 5.41) is 13.6. The molecule has 1 atom stereocenters. The van der Waals surface area contributed by atoms with Gasteiger partial charge in [0.15, 0.2) is 0 Å². The van der Waals surface area contributed by atoms with Gasteiger partial charge in [-0.2, -0.15) is 0 Å². The second-order valence-electron chi connectivity index (χ2n) is 4.23. The van der Waals surface area contributed by atoms with Gasteiger partial charge in [-0.05, 0) is 27.2 Å². The van der Waals surface area contributed by atoms with Crippen LogP contribution < -0.4 is 10.6 Å². The van der Waals surface area contributed by atoms with E-state index in [0.29, 0.717) is 19.5 Å². The van der Waals surface area contributed by atoms with E-state index < -0.39 is 12.0 Å². The fraction of sp³-hybridized carbons (Fsp3) is 0.750. The first-order valence-corrected chi connectivity index (χ1v) is 6.44. The van der Waals surface area contributed by atoms with Crippen molar-refractivity contribution >= 4 is 17.9 Å². The number of urea groups is 1. The van der Waals surface area contributed by atoms with Crippen LogP contribution in [-0.4, -0.2) is 53.6 Å². The van der Waals surface area contributed by atoms with Gasteiger partial charge in [0.25, 0.3) is 0 Å². The van der Waals surface area contributed by atoms with Gasteiger partial charge in [-0.1, -0.05) is 0 Å². The highest BCUT2D eigenvalue weighted by Crippen LogP contribution is 1.95. The average molecular weight is 273 g/mol. The Labute approximate surface area is 113 Å². The molecular formula is C12H23N3O4. The molecule has 0 radical (unpaired) electrons. The summed E-state index contributed by atoms with van der Waals surface area (Å²) < 4.78 is 0. The summed E-state index contributed by atoms with van der Waals surface area (Å²) in [6.45, 7) is 6.61. The minimum absolute atomic E-state index is 0.000174. The van der Waals surface area contributed by atoms with Crippen LogP contribution in [0.15, 0.2) is 0 Å². The zero-order valence-electron chi connectivity index (χ0n) is 11.7. The third-order valence-electron chi connectivity index (χ3n) is 2.69. The number of carboxylic acids is 1. The molecular weight excluding hydrogens is 250 g/mol. The fourth-order valence-corrected chi connectivity index (χ4v) is 1.53. The van der Waals surface area contributed by atoms with Crippen LogP contribution in [0.3, 0.4) is 0 Å². The SMILES string of the molecule is CCN(CC)C(=O)CNC(=O)NC(C)CCC(=O)O. The summed E-state index contributed by atoms with van der Waals surface area (Å²) in [7, 11) is 0. The van der Waals surface area contributed by atoms with E-state index in [1.165, 1.54) is 0 Å². The first kappa shape index (κ1) is 17.2. The molecule has 0 aliphatic heterocycles. The van der Waals surface area contributed by atoms with Crippen molar-refractivity contribution in [2.75, 3.05) is 19.6 Å². The van der Waals surface area contributed by atoms with Crippen LogP contribution in [0, 0.1) is 0 Å². The number of likely N-dealkylation sites (N-methyl/N-ethyl adjacent to an activating group) is 1. The molecule has 3 amide bonds. The number of carbonyl (C=O) groups excluding carboxylic acids is 2. The lowest BCUT2D eigenvalue weighted by molar-refractivity contribution is -0.137. The van der Waals surface area contributed by atoms with Gasteiger partial charge in [-0.25, -0.2) is 4.79 Å². The highest BCUT2D eigenvalue weighted by Gasteiger charge is 2.12. The Kier molecular flexibility index (Phi) is 8.32. The molecule has 0 spiro atoms. The predicted molar refractivity (Wildman–Crippen MR) is 70.8 cm³/mol. The second-order valence-corrected chi connectivity index (χ2v) is 4.23. The quantitative estimate of drug-likeness (QED) is 0.596. The lowest BCUT2D eigenvalue weighted by Gasteiger charge is -2.19. The van der Waals surface area contributed by atoms with Crippen molar-refractivity contribution in [3.8, 4) is 0 Å². The van der Waals surface area contributed by atoms with Gasteiger partial charge in [-0.15, -0.1) is 0 Å². The van der Waals surface area contributed by atoms with Crippen molar-refractivity contribution in [3.05, 3.63) is 0 Å². The standard InChI is InChI=1S/C12H23N3O4/c1-4-15(5-2)10(16)8-13-12(19)14-9(3)6-7-11(17)18/h9H,4-8H2,1-3H3,(H,17,18)(H2,13,14,19). The van der Waals surface area contributed by atoms with Crippen LogP contribution in [0.5, 0.6) is 0 Å². The van der Waals surface area contributed by atoms with Gasteiger partial charge in [0, 0.05) is 25.6 Å². The number of amides is 3. The summed E-state index contributed by atoms with van der Waals surface area (Å²) in [5.74, 6) is -1.04. The molecule has 0 rings (SSSR count). The Morgan fingerprint density at radius 1 is 1.21 bits per heavy atom. The summed E-state index contributed by atoms with van der Waals surface area (Å²) in [5.41, 5.74) is 0. The topological polar surface area (TPSA) is 98.7 Å². The van der Waals surface area contributed by atoms with Gasteiger partial charge in [0.1, 0.15) is 0 Å². The van der Waals surface area contributed by atoms with Gasteiger partial charge in [-0.3, -0.25) is 9.59 Å². The molecule has 0 aromatic rings. The van der Waals surface area contributed by atoms with E-state index in [0.717, 1.165) is 0 Å². The number of aliphatic carboxylic acids is 1. The molecule has 7 heteroatoms. The lowest BCUT2D eigenvalue weighted by Crippen LogP contribution is -2.46. The molecule has 0 bridgehead atoms. The maximum absolute atomic E-state index is 11.6. The molecule has 0 saturated carbocycles. The van der Waals surface area contributed by atoms with Crippen LogP contribution in [0.1, 0.15) is 33.6 Å². The monoisotopic (exact) mass is 273 g/mol. The van der Waals surface area contributed by atoms with Crippen molar-refractivity contribution in [3.63, 3.8) is 0 Å². The van der Waals surface area contributed by atoms with Crippen LogP contribution in [0.2, 0.25) is 0 Å². The van der Waals surface area contributed by atoms with E-state index in [4.69, 9.17) is 5.11 Å². The molecule has 0 aromatic heterocycles. The molecule has 0 saturated heterocycles. The predicted octanol–water partition coefficient (Wildman–Crippen LogP) is 0.407. The Bertz CT molecular complexity index is 316. The molecule has 0 aromatic carbocycles. The maximum Gasteiger partial charge on any atom is 0.315 e. The molecule has 7 nitrogen and oxygen atoms in total. The molecule has 0 aliphatic rings. The highest BCUT2D eigenvalue weighted by atomic mass is 16.4. The molecule has 3 N–H and O–H groups in total. The highest BCUT2D eigenvalue weighted by molar-refractivity contribution is 5.84. The average Bonchev–Trinajstić information content (AvgIpc) is 2.35. The maximum atomic E-state index is 11.6. The first-order chi connectivity index (χ1) is 8.90. The van der Waals surface area contributed by atoms with E-state index in [1.807, 2.05) is 13.8 Å². The van der Waals surface area contributed by atoms with Gasteiger partial charge in [0.05, 0.1) is 6.54 Å².